The van der Waals surface area contributed by atoms with Crippen LogP contribution in [0.15, 0.2) is 53.4 Å². The van der Waals surface area contributed by atoms with Crippen molar-refractivity contribution < 1.29 is 13.2 Å². The molecule has 0 heterocycles. The molecule has 2 aromatic rings. The van der Waals surface area contributed by atoms with Gasteiger partial charge in [0, 0.05) is 18.7 Å². The fourth-order valence-corrected chi connectivity index (χ4v) is 3.61. The number of hydrogen-bond acceptors (Lipinski definition) is 4. The lowest BCUT2D eigenvalue weighted by Gasteiger charge is -2.22. The summed E-state index contributed by atoms with van der Waals surface area (Å²) >= 11 is 0. The predicted molar refractivity (Wildman–Crippen MR) is 107 cm³/mol. The molecule has 1 amide bonds. The summed E-state index contributed by atoms with van der Waals surface area (Å²) in [5.41, 5.74) is 1.72. The van der Waals surface area contributed by atoms with Gasteiger partial charge in [0.05, 0.1) is 23.1 Å². The molecule has 7 heteroatoms. The summed E-state index contributed by atoms with van der Waals surface area (Å²) in [6.45, 7) is 2.72. The maximum Gasteiger partial charge on any atom is 0.254 e. The Kier molecular flexibility index (Phi) is 7.34. The Morgan fingerprint density at radius 2 is 1.93 bits per heavy atom. The lowest BCUT2D eigenvalue weighted by atomic mass is 10.1. The lowest BCUT2D eigenvalue weighted by molar-refractivity contribution is 0.0743. The highest BCUT2D eigenvalue weighted by Gasteiger charge is 2.19. The first kappa shape index (κ1) is 21.2. The van der Waals surface area contributed by atoms with E-state index in [4.69, 9.17) is 11.7 Å². The van der Waals surface area contributed by atoms with Crippen LogP contribution < -0.4 is 4.72 Å². The first-order chi connectivity index (χ1) is 13.4. The van der Waals surface area contributed by atoms with Crippen LogP contribution in [0, 0.1) is 23.7 Å². The van der Waals surface area contributed by atoms with E-state index in [1.165, 1.54) is 18.2 Å². The molecule has 28 heavy (non-hydrogen) atoms. The Bertz CT molecular complexity index is 1020. The Labute approximate surface area is 165 Å². The van der Waals surface area contributed by atoms with Crippen molar-refractivity contribution in [2.75, 3.05) is 13.1 Å². The Morgan fingerprint density at radius 3 is 2.54 bits per heavy atom. The monoisotopic (exact) mass is 395 g/mol. The van der Waals surface area contributed by atoms with E-state index in [1.54, 1.807) is 35.2 Å². The number of sulfonamides is 1. The molecule has 144 valence electrons. The molecule has 2 rings (SSSR count). The van der Waals surface area contributed by atoms with Crippen LogP contribution in [0.3, 0.4) is 0 Å². The minimum atomic E-state index is -3.78. The summed E-state index contributed by atoms with van der Waals surface area (Å²) < 4.78 is 26.8. The lowest BCUT2D eigenvalue weighted by Crippen LogP contribution is -2.31. The zero-order valence-electron chi connectivity index (χ0n) is 15.6. The van der Waals surface area contributed by atoms with Gasteiger partial charge in [0.15, 0.2) is 0 Å². The van der Waals surface area contributed by atoms with Gasteiger partial charge < -0.3 is 4.90 Å². The molecular weight excluding hydrogens is 374 g/mol. The standard InChI is InChI=1S/C21H21N3O3S/c1-3-12-23-28(26,27)20-7-5-6-19(14-20)21(25)24(13-4-2)16-18-10-8-17(15-22)9-11-18/h1,5-11,14,23H,4,12-13,16H2,2H3. The molecule has 0 atom stereocenters. The van der Waals surface area contributed by atoms with E-state index in [-0.39, 0.29) is 22.9 Å². The highest BCUT2D eigenvalue weighted by atomic mass is 32.2. The third-order valence-corrected chi connectivity index (χ3v) is 5.39. The number of carbonyl (C=O) groups is 1. The highest BCUT2D eigenvalue weighted by Crippen LogP contribution is 2.16. The smallest absolute Gasteiger partial charge is 0.254 e. The average molecular weight is 395 g/mol. The second-order valence-electron chi connectivity index (χ2n) is 6.09. The molecule has 0 unspecified atom stereocenters. The first-order valence-electron chi connectivity index (χ1n) is 8.72. The van der Waals surface area contributed by atoms with Gasteiger partial charge in [0.25, 0.3) is 5.91 Å². The van der Waals surface area contributed by atoms with E-state index < -0.39 is 10.0 Å². The molecule has 0 radical (unpaired) electrons. The van der Waals surface area contributed by atoms with Crippen molar-refractivity contribution in [3.8, 4) is 18.4 Å². The van der Waals surface area contributed by atoms with E-state index >= 15 is 0 Å². The van der Waals surface area contributed by atoms with Crippen molar-refractivity contribution >= 4 is 15.9 Å². The summed E-state index contributed by atoms with van der Waals surface area (Å²) in [6.07, 6.45) is 5.85. The molecule has 0 aromatic heterocycles. The molecule has 6 nitrogen and oxygen atoms in total. The Morgan fingerprint density at radius 1 is 1.21 bits per heavy atom. The minimum Gasteiger partial charge on any atom is -0.334 e. The minimum absolute atomic E-state index is 0.0107. The van der Waals surface area contributed by atoms with Crippen molar-refractivity contribution in [1.82, 2.24) is 9.62 Å². The fourth-order valence-electron chi connectivity index (χ4n) is 2.63. The number of nitrogens with zero attached hydrogens (tertiary/aromatic N) is 2. The van der Waals surface area contributed by atoms with Gasteiger partial charge in [-0.2, -0.15) is 9.98 Å². The van der Waals surface area contributed by atoms with E-state index in [2.05, 4.69) is 16.7 Å². The quantitative estimate of drug-likeness (QED) is 0.696. The van der Waals surface area contributed by atoms with Crippen molar-refractivity contribution in [3.05, 3.63) is 65.2 Å². The van der Waals surface area contributed by atoms with Crippen LogP contribution >= 0.6 is 0 Å². The second kappa shape index (κ2) is 9.70. The fraction of sp³-hybridized carbons (Fsp3) is 0.238. The van der Waals surface area contributed by atoms with Gasteiger partial charge in [0.2, 0.25) is 10.0 Å². The molecule has 0 spiro atoms. The zero-order valence-corrected chi connectivity index (χ0v) is 16.4. The van der Waals surface area contributed by atoms with Crippen molar-refractivity contribution in [2.45, 2.75) is 24.8 Å². The van der Waals surface area contributed by atoms with Crippen LogP contribution in [-0.4, -0.2) is 32.3 Å². The Hall–Kier alpha value is -3.13. The third-order valence-electron chi connectivity index (χ3n) is 3.99. The number of amides is 1. The van der Waals surface area contributed by atoms with Crippen LogP contribution in [0.4, 0.5) is 0 Å². The molecular formula is C21H21N3O3S. The molecule has 0 fully saturated rings. The van der Waals surface area contributed by atoms with E-state index in [9.17, 15) is 13.2 Å². The number of carbonyl (C=O) groups excluding carboxylic acids is 1. The third kappa shape index (κ3) is 5.43. The summed E-state index contributed by atoms with van der Waals surface area (Å²) in [6, 6.07) is 15.0. The van der Waals surface area contributed by atoms with Gasteiger partial charge in [-0.25, -0.2) is 8.42 Å². The second-order valence-corrected chi connectivity index (χ2v) is 7.86. The maximum atomic E-state index is 13.0. The summed E-state index contributed by atoms with van der Waals surface area (Å²) in [4.78, 5) is 14.6. The molecule has 0 bridgehead atoms. The largest absolute Gasteiger partial charge is 0.334 e. The first-order valence-corrected chi connectivity index (χ1v) is 10.2. The zero-order chi connectivity index (χ0) is 20.6. The van der Waals surface area contributed by atoms with Gasteiger partial charge >= 0.3 is 0 Å². The molecule has 2 aromatic carbocycles. The number of benzene rings is 2. The molecule has 1 N–H and O–H groups in total. The molecule has 0 saturated heterocycles. The number of hydrogen-bond donors (Lipinski definition) is 1. The molecule has 0 aliphatic heterocycles. The van der Waals surface area contributed by atoms with Gasteiger partial charge in [0.1, 0.15) is 0 Å². The van der Waals surface area contributed by atoms with Gasteiger partial charge in [-0.15, -0.1) is 6.42 Å². The van der Waals surface area contributed by atoms with Crippen molar-refractivity contribution in [2.24, 2.45) is 0 Å². The SMILES string of the molecule is C#CCNS(=O)(=O)c1cccc(C(=O)N(CCC)Cc2ccc(C#N)cc2)c1. The average Bonchev–Trinajstić information content (AvgIpc) is 2.72. The van der Waals surface area contributed by atoms with Gasteiger partial charge in [-0.1, -0.05) is 31.0 Å². The van der Waals surface area contributed by atoms with Crippen LogP contribution in [0.5, 0.6) is 0 Å². The number of nitrogens with one attached hydrogen (secondary N) is 1. The normalized spacial score (nSPS) is 10.7. The summed E-state index contributed by atoms with van der Waals surface area (Å²) in [5, 5.41) is 8.90. The van der Waals surface area contributed by atoms with Crippen LogP contribution in [0.2, 0.25) is 0 Å². The van der Waals surface area contributed by atoms with Crippen molar-refractivity contribution in [1.29, 1.82) is 5.26 Å². The van der Waals surface area contributed by atoms with Gasteiger partial charge in [-0.3, -0.25) is 4.79 Å². The van der Waals surface area contributed by atoms with Crippen LogP contribution in [-0.2, 0) is 16.6 Å². The van der Waals surface area contributed by atoms with Gasteiger partial charge in [-0.05, 0) is 42.3 Å². The molecule has 0 aliphatic rings. The van der Waals surface area contributed by atoms with E-state index in [1.807, 2.05) is 6.92 Å². The number of terminal acetylenes is 1. The summed E-state index contributed by atoms with van der Waals surface area (Å²) in [7, 11) is -3.78. The van der Waals surface area contributed by atoms with E-state index in [0.29, 0.717) is 18.7 Å². The van der Waals surface area contributed by atoms with E-state index in [0.717, 1.165) is 12.0 Å². The molecule has 0 aliphatic carbocycles. The maximum absolute atomic E-state index is 13.0. The molecule has 0 saturated carbocycles. The Balaban J connectivity index is 2.26. The topological polar surface area (TPSA) is 90.3 Å². The predicted octanol–water partition coefficient (Wildman–Crippen LogP) is 2.52. The van der Waals surface area contributed by atoms with Crippen molar-refractivity contribution in [3.63, 3.8) is 0 Å². The number of nitriles is 1. The van der Waals surface area contributed by atoms with Crippen LogP contribution in [0.25, 0.3) is 0 Å². The highest BCUT2D eigenvalue weighted by molar-refractivity contribution is 7.89. The number of rotatable bonds is 8. The van der Waals surface area contributed by atoms with Crippen LogP contribution in [0.1, 0.15) is 34.8 Å². The summed E-state index contributed by atoms with van der Waals surface area (Å²) in [5.74, 6) is 1.95.